The zero-order chi connectivity index (χ0) is 12.4. The second-order valence-electron chi connectivity index (χ2n) is 4.95. The van der Waals surface area contributed by atoms with Crippen molar-refractivity contribution in [3.8, 4) is 0 Å². The van der Waals surface area contributed by atoms with Gasteiger partial charge in [0.15, 0.2) is 5.82 Å². The molecule has 0 saturated heterocycles. The number of anilines is 1. The Bertz CT molecular complexity index is 529. The van der Waals surface area contributed by atoms with E-state index in [9.17, 15) is 0 Å². The van der Waals surface area contributed by atoms with Gasteiger partial charge in [0.25, 0.3) is 0 Å². The highest BCUT2D eigenvalue weighted by Gasteiger charge is 2.22. The van der Waals surface area contributed by atoms with Crippen molar-refractivity contribution in [3.05, 3.63) is 41.5 Å². The summed E-state index contributed by atoms with van der Waals surface area (Å²) in [5, 5.41) is 4.10. The third kappa shape index (κ3) is 2.37. The van der Waals surface area contributed by atoms with Gasteiger partial charge in [-0.2, -0.15) is 4.98 Å². The number of nitrogen functional groups attached to an aromatic ring is 1. The van der Waals surface area contributed by atoms with Gasteiger partial charge in [-0.25, -0.2) is 0 Å². The SMILES string of the molecule is Nc1cccc(Cc2nc(C3CCCC3)no2)c1. The van der Waals surface area contributed by atoms with Gasteiger partial charge in [-0.15, -0.1) is 0 Å². The summed E-state index contributed by atoms with van der Waals surface area (Å²) in [4.78, 5) is 4.50. The van der Waals surface area contributed by atoms with Crippen molar-refractivity contribution in [1.82, 2.24) is 10.1 Å². The molecule has 0 bridgehead atoms. The third-order valence-corrected chi connectivity index (χ3v) is 3.51. The molecule has 1 fully saturated rings. The molecule has 0 spiro atoms. The van der Waals surface area contributed by atoms with E-state index in [-0.39, 0.29) is 0 Å². The predicted molar refractivity (Wildman–Crippen MR) is 69.2 cm³/mol. The number of aromatic nitrogens is 2. The van der Waals surface area contributed by atoms with Crippen molar-refractivity contribution in [2.75, 3.05) is 5.73 Å². The predicted octanol–water partition coefficient (Wildman–Crippen LogP) is 2.90. The maximum Gasteiger partial charge on any atom is 0.231 e. The van der Waals surface area contributed by atoms with Crippen LogP contribution in [0.2, 0.25) is 0 Å². The van der Waals surface area contributed by atoms with Crippen LogP contribution in [0.3, 0.4) is 0 Å². The summed E-state index contributed by atoms with van der Waals surface area (Å²) in [7, 11) is 0. The average Bonchev–Trinajstić information content (AvgIpc) is 2.98. The molecule has 2 aromatic rings. The number of hydrogen-bond donors (Lipinski definition) is 1. The molecule has 1 aliphatic rings. The molecular formula is C14H17N3O. The lowest BCUT2D eigenvalue weighted by Crippen LogP contribution is -1.96. The van der Waals surface area contributed by atoms with Crippen LogP contribution in [0.15, 0.2) is 28.8 Å². The van der Waals surface area contributed by atoms with Crippen LogP contribution in [0.4, 0.5) is 5.69 Å². The molecule has 0 amide bonds. The Balaban J connectivity index is 1.73. The van der Waals surface area contributed by atoms with E-state index in [4.69, 9.17) is 10.3 Å². The van der Waals surface area contributed by atoms with Crippen LogP contribution in [-0.2, 0) is 6.42 Å². The quantitative estimate of drug-likeness (QED) is 0.842. The van der Waals surface area contributed by atoms with Gasteiger partial charge in [0.05, 0.1) is 6.42 Å². The van der Waals surface area contributed by atoms with Crippen LogP contribution in [0.1, 0.15) is 48.9 Å². The first-order valence-corrected chi connectivity index (χ1v) is 6.48. The van der Waals surface area contributed by atoms with E-state index in [1.165, 1.54) is 25.7 Å². The highest BCUT2D eigenvalue weighted by atomic mass is 16.5. The van der Waals surface area contributed by atoms with Crippen molar-refractivity contribution < 1.29 is 4.52 Å². The van der Waals surface area contributed by atoms with E-state index in [0.29, 0.717) is 18.2 Å². The summed E-state index contributed by atoms with van der Waals surface area (Å²) >= 11 is 0. The first-order valence-electron chi connectivity index (χ1n) is 6.48. The van der Waals surface area contributed by atoms with Crippen LogP contribution in [0.25, 0.3) is 0 Å². The molecule has 4 nitrogen and oxygen atoms in total. The molecule has 2 N–H and O–H groups in total. The van der Waals surface area contributed by atoms with Crippen LogP contribution in [-0.4, -0.2) is 10.1 Å². The van der Waals surface area contributed by atoms with Gasteiger partial charge in [-0.05, 0) is 30.5 Å². The summed E-state index contributed by atoms with van der Waals surface area (Å²) in [6.45, 7) is 0. The van der Waals surface area contributed by atoms with Crippen LogP contribution in [0.5, 0.6) is 0 Å². The molecule has 94 valence electrons. The van der Waals surface area contributed by atoms with Crippen molar-refractivity contribution in [2.24, 2.45) is 0 Å². The normalized spacial score (nSPS) is 16.2. The average molecular weight is 243 g/mol. The van der Waals surface area contributed by atoms with Gasteiger partial charge in [0.1, 0.15) is 0 Å². The Morgan fingerprint density at radius 1 is 1.28 bits per heavy atom. The van der Waals surface area contributed by atoms with Crippen molar-refractivity contribution in [3.63, 3.8) is 0 Å². The lowest BCUT2D eigenvalue weighted by molar-refractivity contribution is 0.375. The van der Waals surface area contributed by atoms with E-state index < -0.39 is 0 Å². The van der Waals surface area contributed by atoms with Crippen LogP contribution < -0.4 is 5.73 Å². The standard InChI is InChI=1S/C14H17N3O/c15-12-7-3-4-10(8-12)9-13-16-14(17-18-13)11-5-1-2-6-11/h3-4,7-8,11H,1-2,5-6,9,15H2. The molecule has 0 aliphatic heterocycles. The van der Waals surface area contributed by atoms with Crippen molar-refractivity contribution in [1.29, 1.82) is 0 Å². The molecule has 18 heavy (non-hydrogen) atoms. The van der Waals surface area contributed by atoms with Crippen LogP contribution in [0, 0.1) is 0 Å². The summed E-state index contributed by atoms with van der Waals surface area (Å²) in [5.74, 6) is 2.07. The molecule has 0 radical (unpaired) electrons. The second-order valence-corrected chi connectivity index (χ2v) is 4.95. The molecule has 0 atom stereocenters. The molecular weight excluding hydrogens is 226 g/mol. The fraction of sp³-hybridized carbons (Fsp3) is 0.429. The minimum absolute atomic E-state index is 0.503. The van der Waals surface area contributed by atoms with Gasteiger partial charge in [-0.3, -0.25) is 0 Å². The first kappa shape index (κ1) is 11.3. The summed E-state index contributed by atoms with van der Waals surface area (Å²) < 4.78 is 5.32. The van der Waals surface area contributed by atoms with Crippen molar-refractivity contribution >= 4 is 5.69 Å². The minimum Gasteiger partial charge on any atom is -0.399 e. The summed E-state index contributed by atoms with van der Waals surface area (Å²) in [5.41, 5.74) is 7.63. The fourth-order valence-corrected chi connectivity index (χ4v) is 2.57. The van der Waals surface area contributed by atoms with E-state index in [1.54, 1.807) is 0 Å². The van der Waals surface area contributed by atoms with Crippen molar-refractivity contribution in [2.45, 2.75) is 38.0 Å². The van der Waals surface area contributed by atoms with Crippen LogP contribution >= 0.6 is 0 Å². The van der Waals surface area contributed by atoms with E-state index in [2.05, 4.69) is 10.1 Å². The minimum atomic E-state index is 0.503. The highest BCUT2D eigenvalue weighted by Crippen LogP contribution is 2.32. The molecule has 1 saturated carbocycles. The Morgan fingerprint density at radius 3 is 2.89 bits per heavy atom. The smallest absolute Gasteiger partial charge is 0.231 e. The Labute approximate surface area is 106 Å². The molecule has 0 unspecified atom stereocenters. The lowest BCUT2D eigenvalue weighted by Gasteiger charge is -2.00. The third-order valence-electron chi connectivity index (χ3n) is 3.51. The molecule has 1 heterocycles. The number of nitrogens with two attached hydrogens (primary N) is 1. The van der Waals surface area contributed by atoms with Gasteiger partial charge < -0.3 is 10.3 Å². The fourth-order valence-electron chi connectivity index (χ4n) is 2.57. The Morgan fingerprint density at radius 2 is 2.11 bits per heavy atom. The Kier molecular flexibility index (Phi) is 3.00. The Hall–Kier alpha value is -1.84. The first-order chi connectivity index (χ1) is 8.81. The van der Waals surface area contributed by atoms with E-state index in [0.717, 1.165) is 17.1 Å². The maximum absolute atomic E-state index is 5.75. The maximum atomic E-state index is 5.75. The molecule has 1 aromatic heterocycles. The van der Waals surface area contributed by atoms with Gasteiger partial charge in [0.2, 0.25) is 5.89 Å². The number of hydrogen-bond acceptors (Lipinski definition) is 4. The zero-order valence-electron chi connectivity index (χ0n) is 10.3. The summed E-state index contributed by atoms with van der Waals surface area (Å²) in [6.07, 6.45) is 5.60. The van der Waals surface area contributed by atoms with E-state index in [1.807, 2.05) is 24.3 Å². The zero-order valence-corrected chi connectivity index (χ0v) is 10.3. The molecule has 1 aliphatic carbocycles. The highest BCUT2D eigenvalue weighted by molar-refractivity contribution is 5.41. The van der Waals surface area contributed by atoms with Gasteiger partial charge in [-0.1, -0.05) is 30.1 Å². The lowest BCUT2D eigenvalue weighted by atomic mass is 10.1. The molecule has 4 heteroatoms. The largest absolute Gasteiger partial charge is 0.399 e. The second kappa shape index (κ2) is 4.80. The molecule has 1 aromatic carbocycles. The number of rotatable bonds is 3. The van der Waals surface area contributed by atoms with Gasteiger partial charge in [0, 0.05) is 11.6 Å². The monoisotopic (exact) mass is 243 g/mol. The topological polar surface area (TPSA) is 64.9 Å². The summed E-state index contributed by atoms with van der Waals surface area (Å²) in [6, 6.07) is 7.79. The van der Waals surface area contributed by atoms with E-state index >= 15 is 0 Å². The molecule has 3 rings (SSSR count). The number of benzene rings is 1. The van der Waals surface area contributed by atoms with Gasteiger partial charge >= 0.3 is 0 Å². The number of nitrogens with zero attached hydrogens (tertiary/aromatic N) is 2.